The predicted octanol–water partition coefficient (Wildman–Crippen LogP) is 3.78. The fourth-order valence-corrected chi connectivity index (χ4v) is 3.38. The van der Waals surface area contributed by atoms with Gasteiger partial charge >= 0.3 is 0 Å². The summed E-state index contributed by atoms with van der Waals surface area (Å²) >= 11 is 0. The number of hydrogen-bond acceptors (Lipinski definition) is 5. The molecule has 2 heterocycles. The monoisotopic (exact) mass is 365 g/mol. The lowest BCUT2D eigenvalue weighted by Crippen LogP contribution is -2.10. The highest BCUT2D eigenvalue weighted by atomic mass is 16.1. The Morgan fingerprint density at radius 1 is 0.750 bits per heavy atom. The highest BCUT2D eigenvalue weighted by Gasteiger charge is 2.12. The first-order valence-corrected chi connectivity index (χ1v) is 8.81. The minimum Gasteiger partial charge on any atom is -0.368 e. The van der Waals surface area contributed by atoms with E-state index in [1.54, 1.807) is 24.3 Å². The van der Waals surface area contributed by atoms with Gasteiger partial charge < -0.3 is 10.7 Å². The number of anilines is 1. The Balaban J connectivity index is 1.73. The van der Waals surface area contributed by atoms with Crippen LogP contribution in [0.2, 0.25) is 0 Å². The van der Waals surface area contributed by atoms with Crippen LogP contribution in [-0.4, -0.2) is 19.9 Å². The summed E-state index contributed by atoms with van der Waals surface area (Å²) in [5.41, 5.74) is 8.46. The van der Waals surface area contributed by atoms with Crippen molar-refractivity contribution < 1.29 is 0 Å². The Morgan fingerprint density at radius 3 is 2.36 bits per heavy atom. The highest BCUT2D eigenvalue weighted by molar-refractivity contribution is 5.96. The lowest BCUT2D eigenvalue weighted by molar-refractivity contribution is 1.12. The first-order valence-electron chi connectivity index (χ1n) is 8.81. The van der Waals surface area contributed by atoms with Crippen molar-refractivity contribution in [2.45, 2.75) is 0 Å². The van der Waals surface area contributed by atoms with Crippen molar-refractivity contribution in [3.63, 3.8) is 0 Å². The third-order valence-corrected chi connectivity index (χ3v) is 4.66. The second kappa shape index (κ2) is 6.28. The molecule has 0 aliphatic rings. The van der Waals surface area contributed by atoms with E-state index in [0.717, 1.165) is 16.3 Å². The molecule has 0 saturated heterocycles. The minimum absolute atomic E-state index is 0.122. The maximum Gasteiger partial charge on any atom is 0.259 e. The number of nitrogens with two attached hydrogens (primary N) is 1. The van der Waals surface area contributed by atoms with Crippen LogP contribution in [0, 0.1) is 0 Å². The molecule has 0 fully saturated rings. The molecule has 28 heavy (non-hydrogen) atoms. The van der Waals surface area contributed by atoms with E-state index in [0.29, 0.717) is 28.1 Å². The molecule has 0 spiro atoms. The normalized spacial score (nSPS) is 11.1. The van der Waals surface area contributed by atoms with Gasteiger partial charge in [0.15, 0.2) is 5.82 Å². The predicted molar refractivity (Wildman–Crippen MR) is 111 cm³/mol. The lowest BCUT2D eigenvalue weighted by atomic mass is 10.0. The topological polar surface area (TPSA) is 97.5 Å². The zero-order valence-corrected chi connectivity index (χ0v) is 14.8. The van der Waals surface area contributed by atoms with E-state index in [1.165, 1.54) is 0 Å². The maximum absolute atomic E-state index is 12.4. The SMILES string of the molecule is Nc1nc(-c2nc3ccccc3c(=O)[nH]2)cc(-c2cccc3ccccc23)n1. The Kier molecular flexibility index (Phi) is 3.62. The fraction of sp³-hybridized carbons (Fsp3) is 0. The van der Waals surface area contributed by atoms with Crippen LogP contribution in [0.4, 0.5) is 5.95 Å². The number of aromatic amines is 1. The summed E-state index contributed by atoms with van der Waals surface area (Å²) in [4.78, 5) is 28.5. The molecule has 0 unspecified atom stereocenters. The summed E-state index contributed by atoms with van der Waals surface area (Å²) in [5, 5.41) is 2.70. The smallest absolute Gasteiger partial charge is 0.259 e. The van der Waals surface area contributed by atoms with Crippen LogP contribution in [0.25, 0.3) is 44.5 Å². The number of benzene rings is 3. The Hall–Kier alpha value is -4.06. The molecule has 5 rings (SSSR count). The Morgan fingerprint density at radius 2 is 1.46 bits per heavy atom. The molecule has 3 N–H and O–H groups in total. The van der Waals surface area contributed by atoms with E-state index >= 15 is 0 Å². The van der Waals surface area contributed by atoms with Gasteiger partial charge in [-0.05, 0) is 29.0 Å². The van der Waals surface area contributed by atoms with Crippen molar-refractivity contribution in [3.8, 4) is 22.8 Å². The molecule has 5 aromatic rings. The number of H-pyrrole nitrogens is 1. The average Bonchev–Trinajstić information content (AvgIpc) is 2.73. The summed E-state index contributed by atoms with van der Waals surface area (Å²) in [6.07, 6.45) is 0. The lowest BCUT2D eigenvalue weighted by Gasteiger charge is -2.09. The van der Waals surface area contributed by atoms with E-state index in [1.807, 2.05) is 48.5 Å². The van der Waals surface area contributed by atoms with E-state index in [2.05, 4.69) is 19.9 Å². The number of hydrogen-bond donors (Lipinski definition) is 2. The number of nitrogens with zero attached hydrogens (tertiary/aromatic N) is 3. The van der Waals surface area contributed by atoms with Gasteiger partial charge in [-0.1, -0.05) is 54.6 Å². The molecule has 2 aromatic heterocycles. The largest absolute Gasteiger partial charge is 0.368 e. The number of aromatic nitrogens is 4. The van der Waals surface area contributed by atoms with Crippen molar-refractivity contribution in [1.29, 1.82) is 0 Å². The second-order valence-corrected chi connectivity index (χ2v) is 6.46. The molecule has 0 saturated carbocycles. The third kappa shape index (κ3) is 2.68. The molecule has 0 atom stereocenters. The van der Waals surface area contributed by atoms with Gasteiger partial charge in [0.2, 0.25) is 5.95 Å². The number of rotatable bonds is 2. The van der Waals surface area contributed by atoms with Crippen molar-refractivity contribution in [2.75, 3.05) is 5.73 Å². The summed E-state index contributed by atoms with van der Waals surface area (Å²) in [7, 11) is 0. The van der Waals surface area contributed by atoms with Gasteiger partial charge in [0.25, 0.3) is 5.56 Å². The van der Waals surface area contributed by atoms with Crippen molar-refractivity contribution in [2.24, 2.45) is 0 Å². The van der Waals surface area contributed by atoms with E-state index in [9.17, 15) is 4.79 Å². The number of nitrogens with one attached hydrogen (secondary N) is 1. The van der Waals surface area contributed by atoms with Crippen LogP contribution in [0.1, 0.15) is 0 Å². The fourth-order valence-electron chi connectivity index (χ4n) is 3.38. The van der Waals surface area contributed by atoms with Gasteiger partial charge in [-0.3, -0.25) is 4.79 Å². The molecule has 3 aromatic carbocycles. The molecule has 0 aliphatic heterocycles. The molecule has 134 valence electrons. The third-order valence-electron chi connectivity index (χ3n) is 4.66. The van der Waals surface area contributed by atoms with Gasteiger partial charge in [-0.25, -0.2) is 15.0 Å². The van der Waals surface area contributed by atoms with E-state index in [-0.39, 0.29) is 11.5 Å². The van der Waals surface area contributed by atoms with Crippen LogP contribution in [0.3, 0.4) is 0 Å². The van der Waals surface area contributed by atoms with Crippen LogP contribution < -0.4 is 11.3 Å². The van der Waals surface area contributed by atoms with E-state index in [4.69, 9.17) is 5.73 Å². The van der Waals surface area contributed by atoms with Crippen molar-refractivity contribution in [3.05, 3.63) is 83.2 Å². The van der Waals surface area contributed by atoms with Gasteiger partial charge in [0, 0.05) is 5.56 Å². The van der Waals surface area contributed by atoms with Crippen LogP contribution >= 0.6 is 0 Å². The molecule has 0 amide bonds. The molecule has 6 heteroatoms. The zero-order valence-electron chi connectivity index (χ0n) is 14.8. The number of nitrogen functional groups attached to an aromatic ring is 1. The Bertz CT molecular complexity index is 1400. The van der Waals surface area contributed by atoms with E-state index < -0.39 is 0 Å². The average molecular weight is 365 g/mol. The summed E-state index contributed by atoms with van der Waals surface area (Å²) in [6.45, 7) is 0. The van der Waals surface area contributed by atoms with Gasteiger partial charge in [0.1, 0.15) is 5.69 Å². The molecule has 0 radical (unpaired) electrons. The summed E-state index contributed by atoms with van der Waals surface area (Å²) in [6, 6.07) is 23.1. The van der Waals surface area contributed by atoms with Gasteiger partial charge in [-0.15, -0.1) is 0 Å². The quantitative estimate of drug-likeness (QED) is 0.496. The van der Waals surface area contributed by atoms with Gasteiger partial charge in [-0.2, -0.15) is 0 Å². The van der Waals surface area contributed by atoms with Crippen LogP contribution in [-0.2, 0) is 0 Å². The van der Waals surface area contributed by atoms with Crippen LogP contribution in [0.5, 0.6) is 0 Å². The highest BCUT2D eigenvalue weighted by Crippen LogP contribution is 2.29. The first-order chi connectivity index (χ1) is 13.7. The van der Waals surface area contributed by atoms with Gasteiger partial charge in [0.05, 0.1) is 16.6 Å². The number of para-hydroxylation sites is 1. The molecule has 0 aliphatic carbocycles. The van der Waals surface area contributed by atoms with Crippen molar-refractivity contribution in [1.82, 2.24) is 19.9 Å². The molecule has 0 bridgehead atoms. The minimum atomic E-state index is -0.218. The first kappa shape index (κ1) is 16.1. The zero-order chi connectivity index (χ0) is 19.1. The second-order valence-electron chi connectivity index (χ2n) is 6.46. The van der Waals surface area contributed by atoms with Crippen molar-refractivity contribution >= 4 is 27.6 Å². The Labute approximate surface area is 159 Å². The number of fused-ring (bicyclic) bond motifs is 2. The standard InChI is InChI=1S/C22H15N5O/c23-22-25-18(15-10-5-7-13-6-1-2-8-14(13)15)12-19(26-22)20-24-17-11-4-3-9-16(17)21(28)27-20/h1-12H,(H2,23,25,26)(H,24,27,28). The summed E-state index contributed by atoms with van der Waals surface area (Å²) in [5.74, 6) is 0.482. The maximum atomic E-state index is 12.4. The summed E-state index contributed by atoms with van der Waals surface area (Å²) < 4.78 is 0. The molecular weight excluding hydrogens is 350 g/mol. The molecular formula is C22H15N5O. The molecule has 6 nitrogen and oxygen atoms in total. The van der Waals surface area contributed by atoms with Crippen LogP contribution in [0.15, 0.2) is 77.6 Å².